The summed E-state index contributed by atoms with van der Waals surface area (Å²) in [6.07, 6.45) is 3.66. The zero-order chi connectivity index (χ0) is 19.8. The minimum absolute atomic E-state index is 0.148. The molecular formula is C22H22FN3OS. The first-order valence-electron chi connectivity index (χ1n) is 9.23. The predicted octanol–water partition coefficient (Wildman–Crippen LogP) is 3.89. The van der Waals surface area contributed by atoms with Gasteiger partial charge in [0.25, 0.3) is 0 Å². The number of nitrogens with zero attached hydrogens (tertiary/aromatic N) is 2. The standard InChI is InChI=1S/C22H22FN3OS/c1-3-5-16-8-18(12-25-11-16)17-6-4-7-19(9-17)22-13-27-15(2)10-21(22,23)14-28-20(24)26-22/h4,6-9,11-12,15H,10,13-14H2,1-2H3,(H2,24,26)/t15-,21+,22+/m0/s1. The highest BCUT2D eigenvalue weighted by molar-refractivity contribution is 8.13. The van der Waals surface area contributed by atoms with Gasteiger partial charge < -0.3 is 10.5 Å². The third-order valence-corrected chi connectivity index (χ3v) is 6.35. The molecule has 1 aromatic heterocycles. The molecule has 4 rings (SSSR count). The topological polar surface area (TPSA) is 60.5 Å². The molecule has 2 N–H and O–H groups in total. The number of ether oxygens (including phenoxy) is 1. The molecule has 0 amide bonds. The van der Waals surface area contributed by atoms with Gasteiger partial charge in [0.1, 0.15) is 5.54 Å². The Balaban J connectivity index is 1.82. The second-order valence-corrected chi connectivity index (χ2v) is 8.30. The summed E-state index contributed by atoms with van der Waals surface area (Å²) in [7, 11) is 0. The Morgan fingerprint density at radius 2 is 2.14 bits per heavy atom. The lowest BCUT2D eigenvalue weighted by molar-refractivity contribution is -0.106. The van der Waals surface area contributed by atoms with Crippen LogP contribution in [0, 0.1) is 11.8 Å². The number of alkyl halides is 1. The molecule has 144 valence electrons. The number of halogens is 1. The number of thioether (sulfide) groups is 1. The summed E-state index contributed by atoms with van der Waals surface area (Å²) < 4.78 is 22.1. The Hall–Kier alpha value is -2.36. The Bertz CT molecular complexity index is 999. The maximum Gasteiger partial charge on any atom is 0.155 e. The third-order valence-electron chi connectivity index (χ3n) is 5.36. The van der Waals surface area contributed by atoms with Crippen LogP contribution >= 0.6 is 11.8 Å². The van der Waals surface area contributed by atoms with Crippen molar-refractivity contribution in [1.82, 2.24) is 4.98 Å². The highest BCUT2D eigenvalue weighted by Crippen LogP contribution is 2.51. The molecule has 3 atom stereocenters. The van der Waals surface area contributed by atoms with Gasteiger partial charge in [-0.05, 0) is 37.1 Å². The van der Waals surface area contributed by atoms with E-state index in [0.29, 0.717) is 11.6 Å². The first kappa shape index (κ1) is 19.0. The minimum atomic E-state index is -1.51. The van der Waals surface area contributed by atoms with Crippen molar-refractivity contribution in [2.45, 2.75) is 37.6 Å². The lowest BCUT2D eigenvalue weighted by atomic mass is 9.72. The van der Waals surface area contributed by atoms with Crippen LogP contribution in [0.25, 0.3) is 11.1 Å². The van der Waals surface area contributed by atoms with Gasteiger partial charge in [0.2, 0.25) is 0 Å². The van der Waals surface area contributed by atoms with Gasteiger partial charge >= 0.3 is 0 Å². The van der Waals surface area contributed by atoms with E-state index in [1.165, 1.54) is 11.8 Å². The van der Waals surface area contributed by atoms with Crippen LogP contribution < -0.4 is 5.73 Å². The SMILES string of the molecule is CC#Cc1cncc(-c2cccc([C@]34CO[C@@H](C)C[C@@]3(F)CSC(N)=N4)c2)c1. The van der Waals surface area contributed by atoms with Gasteiger partial charge in [-0.15, -0.1) is 5.92 Å². The fourth-order valence-corrected chi connectivity index (χ4v) is 4.92. The average Bonchev–Trinajstić information content (AvgIpc) is 2.69. The monoisotopic (exact) mass is 395 g/mol. The molecule has 4 nitrogen and oxygen atoms in total. The maximum atomic E-state index is 16.2. The number of hydrogen-bond acceptors (Lipinski definition) is 5. The molecule has 0 spiro atoms. The second-order valence-electron chi connectivity index (χ2n) is 7.31. The molecule has 0 aliphatic carbocycles. The van der Waals surface area contributed by atoms with Crippen molar-refractivity contribution in [2.75, 3.05) is 12.4 Å². The molecule has 28 heavy (non-hydrogen) atoms. The van der Waals surface area contributed by atoms with Crippen molar-refractivity contribution in [2.24, 2.45) is 10.7 Å². The summed E-state index contributed by atoms with van der Waals surface area (Å²) in [6, 6.07) is 9.77. The lowest BCUT2D eigenvalue weighted by Gasteiger charge is -2.49. The lowest BCUT2D eigenvalue weighted by Crippen LogP contribution is -2.60. The van der Waals surface area contributed by atoms with Gasteiger partial charge in [-0.2, -0.15) is 0 Å². The molecule has 1 fully saturated rings. The fourth-order valence-electron chi connectivity index (χ4n) is 3.97. The van der Waals surface area contributed by atoms with Crippen LogP contribution in [0.3, 0.4) is 0 Å². The van der Waals surface area contributed by atoms with Gasteiger partial charge in [0.05, 0.1) is 12.7 Å². The Labute approximate surface area is 168 Å². The van der Waals surface area contributed by atoms with E-state index in [-0.39, 0.29) is 18.5 Å². The van der Waals surface area contributed by atoms with Gasteiger partial charge in [-0.25, -0.2) is 9.38 Å². The van der Waals surface area contributed by atoms with Crippen LogP contribution in [0.2, 0.25) is 0 Å². The summed E-state index contributed by atoms with van der Waals surface area (Å²) in [5.74, 6) is 6.19. The third kappa shape index (κ3) is 3.19. The first-order valence-corrected chi connectivity index (χ1v) is 10.2. The largest absolute Gasteiger partial charge is 0.379 e. The Morgan fingerprint density at radius 1 is 1.29 bits per heavy atom. The highest BCUT2D eigenvalue weighted by Gasteiger charge is 2.59. The maximum absolute atomic E-state index is 16.2. The molecule has 0 unspecified atom stereocenters. The Morgan fingerprint density at radius 3 is 2.96 bits per heavy atom. The highest BCUT2D eigenvalue weighted by atomic mass is 32.2. The number of pyridine rings is 1. The van der Waals surface area contributed by atoms with Gasteiger partial charge in [0.15, 0.2) is 10.8 Å². The molecule has 2 aromatic rings. The van der Waals surface area contributed by atoms with Crippen molar-refractivity contribution < 1.29 is 9.13 Å². The van der Waals surface area contributed by atoms with E-state index in [1.807, 2.05) is 37.3 Å². The van der Waals surface area contributed by atoms with Crippen molar-refractivity contribution in [3.8, 4) is 23.0 Å². The van der Waals surface area contributed by atoms with Gasteiger partial charge in [-0.3, -0.25) is 4.98 Å². The van der Waals surface area contributed by atoms with E-state index < -0.39 is 11.2 Å². The zero-order valence-corrected chi connectivity index (χ0v) is 16.7. The molecule has 0 saturated carbocycles. The number of nitrogens with two attached hydrogens (primary N) is 1. The molecule has 6 heteroatoms. The summed E-state index contributed by atoms with van der Waals surface area (Å²) in [4.78, 5) is 8.90. The zero-order valence-electron chi connectivity index (χ0n) is 15.9. The number of aromatic nitrogens is 1. The van der Waals surface area contributed by atoms with E-state index in [9.17, 15) is 0 Å². The average molecular weight is 396 g/mol. The molecule has 0 radical (unpaired) electrons. The number of rotatable bonds is 2. The second kappa shape index (κ2) is 7.23. The first-order chi connectivity index (χ1) is 13.5. The fraction of sp³-hybridized carbons (Fsp3) is 0.364. The molecule has 0 bridgehead atoms. The van der Waals surface area contributed by atoms with Crippen LogP contribution in [-0.4, -0.2) is 34.3 Å². The summed E-state index contributed by atoms with van der Waals surface area (Å²) in [5, 5.41) is 0.402. The molecule has 1 saturated heterocycles. The molecule has 2 aliphatic rings. The number of hydrogen-bond donors (Lipinski definition) is 1. The van der Waals surface area contributed by atoms with Crippen molar-refractivity contribution in [3.63, 3.8) is 0 Å². The quantitative estimate of drug-likeness (QED) is 0.784. The smallest absolute Gasteiger partial charge is 0.155 e. The van der Waals surface area contributed by atoms with Crippen LogP contribution in [0.5, 0.6) is 0 Å². The van der Waals surface area contributed by atoms with E-state index >= 15 is 4.39 Å². The molecule has 3 heterocycles. The minimum Gasteiger partial charge on any atom is -0.379 e. The van der Waals surface area contributed by atoms with Crippen molar-refractivity contribution >= 4 is 16.9 Å². The summed E-state index contributed by atoms with van der Waals surface area (Å²) in [5.41, 5.74) is 6.87. The number of fused-ring (bicyclic) bond motifs is 1. The van der Waals surface area contributed by atoms with E-state index in [4.69, 9.17) is 10.5 Å². The van der Waals surface area contributed by atoms with E-state index in [0.717, 1.165) is 22.3 Å². The number of amidine groups is 1. The molecule has 1 aromatic carbocycles. The van der Waals surface area contributed by atoms with Crippen molar-refractivity contribution in [3.05, 3.63) is 53.9 Å². The van der Waals surface area contributed by atoms with E-state index in [2.05, 4.69) is 21.8 Å². The van der Waals surface area contributed by atoms with Gasteiger partial charge in [0, 0.05) is 35.7 Å². The number of benzene rings is 1. The van der Waals surface area contributed by atoms with Crippen LogP contribution in [-0.2, 0) is 10.3 Å². The molecular weight excluding hydrogens is 373 g/mol. The summed E-state index contributed by atoms with van der Waals surface area (Å²) >= 11 is 1.28. The number of aliphatic imine (C=N–C) groups is 1. The molecule has 2 aliphatic heterocycles. The predicted molar refractivity (Wildman–Crippen MR) is 112 cm³/mol. The van der Waals surface area contributed by atoms with Crippen molar-refractivity contribution in [1.29, 1.82) is 0 Å². The van der Waals surface area contributed by atoms with Crippen LogP contribution in [0.15, 0.2) is 47.7 Å². The van der Waals surface area contributed by atoms with Crippen LogP contribution in [0.4, 0.5) is 4.39 Å². The summed E-state index contributed by atoms with van der Waals surface area (Å²) in [6.45, 7) is 3.87. The van der Waals surface area contributed by atoms with Crippen LogP contribution in [0.1, 0.15) is 31.4 Å². The van der Waals surface area contributed by atoms with E-state index in [1.54, 1.807) is 19.3 Å². The normalized spacial score (nSPS) is 29.2. The Kier molecular flexibility index (Phi) is 4.90. The van der Waals surface area contributed by atoms with Gasteiger partial charge in [-0.1, -0.05) is 35.9 Å².